The zero-order valence-electron chi connectivity index (χ0n) is 25.2. The molecular weight excluding hydrogens is 538 g/mol. The van der Waals surface area contributed by atoms with Crippen molar-refractivity contribution in [1.29, 1.82) is 0 Å². The van der Waals surface area contributed by atoms with Crippen LogP contribution in [0.2, 0.25) is 0 Å². The molecule has 4 amide bonds. The van der Waals surface area contributed by atoms with Crippen molar-refractivity contribution in [3.8, 4) is 0 Å². The van der Waals surface area contributed by atoms with Crippen molar-refractivity contribution in [2.75, 3.05) is 12.8 Å². The van der Waals surface area contributed by atoms with E-state index >= 15 is 0 Å². The van der Waals surface area contributed by atoms with Crippen molar-refractivity contribution in [2.45, 2.75) is 98.8 Å². The first-order valence-corrected chi connectivity index (χ1v) is 15.7. The number of amides is 4. The van der Waals surface area contributed by atoms with E-state index in [-0.39, 0.29) is 42.6 Å². The molecule has 6 atom stereocenters. The zero-order chi connectivity index (χ0) is 31.0. The number of fused-ring (bicyclic) bond motifs is 1. The van der Waals surface area contributed by atoms with Gasteiger partial charge in [0.15, 0.2) is 0 Å². The van der Waals surface area contributed by atoms with Crippen LogP contribution in [-0.2, 0) is 34.0 Å². The highest BCUT2D eigenvalue weighted by Crippen LogP contribution is 2.65. The number of nitrogens with one attached hydrogen (secondary N) is 3. The molecule has 13 heteroatoms. The molecule has 1 aliphatic carbocycles. The molecule has 1 saturated carbocycles. The number of primary amides is 1. The Balaban J connectivity index is 2.37. The molecule has 2 aliphatic rings. The lowest BCUT2D eigenvalue weighted by Crippen LogP contribution is -2.62. The number of carbonyl (C=O) groups is 5. The molecule has 0 spiro atoms. The first kappa shape index (κ1) is 33.7. The smallest absolute Gasteiger partial charge is 0.287 e. The van der Waals surface area contributed by atoms with Crippen molar-refractivity contribution in [1.82, 2.24) is 20.3 Å². The molecule has 0 aromatic rings. The maximum absolute atomic E-state index is 14.1. The number of hydrogen-bond donors (Lipinski definition) is 4. The Morgan fingerprint density at radius 1 is 1.05 bits per heavy atom. The van der Waals surface area contributed by atoms with E-state index in [1.165, 1.54) is 4.90 Å². The van der Waals surface area contributed by atoms with Crippen LogP contribution in [0.3, 0.4) is 0 Å². The van der Waals surface area contributed by atoms with Gasteiger partial charge in [-0.2, -0.15) is 0 Å². The van der Waals surface area contributed by atoms with E-state index in [2.05, 4.69) is 15.4 Å². The third-order valence-corrected chi connectivity index (χ3v) is 8.71. The van der Waals surface area contributed by atoms with Gasteiger partial charge in [-0.15, -0.1) is 0 Å². The summed E-state index contributed by atoms with van der Waals surface area (Å²) < 4.78 is 26.2. The Morgan fingerprint density at radius 2 is 1.62 bits per heavy atom. The minimum atomic E-state index is -3.70. The molecule has 0 aromatic carbocycles. The summed E-state index contributed by atoms with van der Waals surface area (Å²) in [6.07, 6.45) is 1.93. The quantitative estimate of drug-likeness (QED) is 0.224. The molecule has 1 aliphatic heterocycles. The van der Waals surface area contributed by atoms with Gasteiger partial charge in [-0.1, -0.05) is 61.8 Å². The second-order valence-corrected chi connectivity index (χ2v) is 15.1. The lowest BCUT2D eigenvalue weighted by atomic mass is 9.84. The largest absolute Gasteiger partial charge is 0.363 e. The van der Waals surface area contributed by atoms with E-state index in [1.807, 2.05) is 27.7 Å². The van der Waals surface area contributed by atoms with Crippen LogP contribution in [0.25, 0.3) is 0 Å². The summed E-state index contributed by atoms with van der Waals surface area (Å²) >= 11 is 0. The summed E-state index contributed by atoms with van der Waals surface area (Å²) in [4.78, 5) is 66.3. The van der Waals surface area contributed by atoms with Gasteiger partial charge in [-0.3, -0.25) is 24.0 Å². The lowest BCUT2D eigenvalue weighted by Gasteiger charge is -2.38. The van der Waals surface area contributed by atoms with Crippen LogP contribution in [0.1, 0.15) is 74.7 Å². The van der Waals surface area contributed by atoms with E-state index in [9.17, 15) is 32.4 Å². The van der Waals surface area contributed by atoms with Crippen LogP contribution in [0.15, 0.2) is 0 Å². The van der Waals surface area contributed by atoms with Gasteiger partial charge in [0.05, 0.1) is 12.3 Å². The van der Waals surface area contributed by atoms with Crippen molar-refractivity contribution in [3.63, 3.8) is 0 Å². The first-order valence-electron chi connectivity index (χ1n) is 13.9. The Labute approximate surface area is 238 Å². The number of piperidine rings is 1. The molecule has 1 heterocycles. The molecule has 0 bridgehead atoms. The summed E-state index contributed by atoms with van der Waals surface area (Å²) in [5, 5.41) is 5.42. The molecule has 1 saturated heterocycles. The number of nitrogens with zero attached hydrogens (tertiary/aromatic N) is 1. The fraction of sp³-hybridized carbons (Fsp3) is 0.815. The summed E-state index contributed by atoms with van der Waals surface area (Å²) in [5.41, 5.74) is 4.19. The second kappa shape index (κ2) is 12.1. The number of nitrogens with two attached hydrogens (primary N) is 1. The van der Waals surface area contributed by atoms with Crippen molar-refractivity contribution >= 4 is 39.4 Å². The molecule has 2 unspecified atom stereocenters. The first-order chi connectivity index (χ1) is 18.1. The number of carbonyl (C=O) groups excluding carboxylic acids is 5. The Morgan fingerprint density at radius 3 is 2.08 bits per heavy atom. The SMILES string of the molecule is CCCC(NC(=O)[C@@H]1[C@@H]2[C@H](CN1C(=O)[C@@H](NC(=O)C(CC(C)C)NS(C)(=O)=O)C(C)(C)C)C2(C)C)C(=O)C(N)=O. The third kappa shape index (κ3) is 7.80. The summed E-state index contributed by atoms with van der Waals surface area (Å²) in [6.45, 7) is 15.1. The normalized spacial score (nSPS) is 24.1. The Hall–Kier alpha value is -2.54. The van der Waals surface area contributed by atoms with Gasteiger partial charge in [0, 0.05) is 6.54 Å². The molecule has 0 radical (unpaired) electrons. The van der Waals surface area contributed by atoms with Crippen molar-refractivity contribution < 1.29 is 32.4 Å². The minimum Gasteiger partial charge on any atom is -0.363 e. The monoisotopic (exact) mass is 585 g/mol. The average Bonchev–Trinajstić information content (AvgIpc) is 3.13. The molecule has 228 valence electrons. The van der Waals surface area contributed by atoms with Crippen LogP contribution < -0.4 is 21.1 Å². The maximum atomic E-state index is 14.1. The molecule has 0 aromatic heterocycles. The topological polar surface area (TPSA) is 185 Å². The molecular formula is C27H47N5O7S. The number of ketones is 1. The molecule has 40 heavy (non-hydrogen) atoms. The van der Waals surface area contributed by atoms with Gasteiger partial charge in [0.2, 0.25) is 33.5 Å². The fourth-order valence-corrected chi connectivity index (χ4v) is 6.52. The molecule has 2 rings (SSSR count). The van der Waals surface area contributed by atoms with Gasteiger partial charge in [0.1, 0.15) is 18.1 Å². The van der Waals surface area contributed by atoms with E-state index in [0.29, 0.717) is 6.42 Å². The summed E-state index contributed by atoms with van der Waals surface area (Å²) in [7, 11) is -3.70. The molecule has 5 N–H and O–H groups in total. The van der Waals surface area contributed by atoms with E-state index in [0.717, 1.165) is 6.26 Å². The fourth-order valence-electron chi connectivity index (χ4n) is 5.80. The third-order valence-electron chi connectivity index (χ3n) is 7.99. The Kier molecular flexibility index (Phi) is 10.2. The van der Waals surface area contributed by atoms with Gasteiger partial charge >= 0.3 is 0 Å². The van der Waals surface area contributed by atoms with Gasteiger partial charge < -0.3 is 21.3 Å². The second-order valence-electron chi connectivity index (χ2n) is 13.3. The predicted octanol–water partition coefficient (Wildman–Crippen LogP) is 0.304. The van der Waals surface area contributed by atoms with E-state index in [4.69, 9.17) is 5.73 Å². The van der Waals surface area contributed by atoms with Crippen LogP contribution in [-0.4, -0.2) is 79.7 Å². The van der Waals surface area contributed by atoms with Gasteiger partial charge in [-0.25, -0.2) is 13.1 Å². The minimum absolute atomic E-state index is 0.00558. The standard InChI is InChI=1S/C27H47N5O7S/c1-10-11-16(20(33)22(28)34)29-24(36)19-18-15(27(18,7)8)13-32(19)25(37)21(26(4,5)6)30-23(35)17(12-14(2)3)31-40(9,38)39/h14-19,21,31H,10-13H2,1-9H3,(H2,28,34)(H,29,36)(H,30,35)/t15-,16?,17?,18-,19-,21+/m0/s1. The van der Waals surface area contributed by atoms with Crippen molar-refractivity contribution in [2.24, 2.45) is 34.3 Å². The van der Waals surface area contributed by atoms with Crippen LogP contribution in [0.5, 0.6) is 0 Å². The predicted molar refractivity (Wildman–Crippen MR) is 150 cm³/mol. The number of hydrogen-bond acceptors (Lipinski definition) is 7. The van der Waals surface area contributed by atoms with Gasteiger partial charge in [0.25, 0.3) is 5.91 Å². The molecule has 12 nitrogen and oxygen atoms in total. The van der Waals surface area contributed by atoms with Crippen LogP contribution in [0.4, 0.5) is 0 Å². The van der Waals surface area contributed by atoms with E-state index < -0.39 is 69.0 Å². The number of likely N-dealkylation sites (tertiary alicyclic amines) is 1. The average molecular weight is 586 g/mol. The summed E-state index contributed by atoms with van der Waals surface area (Å²) in [6, 6.07) is -4.14. The Bertz CT molecular complexity index is 1130. The highest BCUT2D eigenvalue weighted by molar-refractivity contribution is 7.88. The number of rotatable bonds is 13. The lowest BCUT2D eigenvalue weighted by molar-refractivity contribution is -0.146. The van der Waals surface area contributed by atoms with Crippen molar-refractivity contribution in [3.05, 3.63) is 0 Å². The summed E-state index contributed by atoms with van der Waals surface area (Å²) in [5.74, 6) is -3.82. The number of sulfonamides is 1. The zero-order valence-corrected chi connectivity index (χ0v) is 26.0. The van der Waals surface area contributed by atoms with Crippen LogP contribution in [0, 0.1) is 28.6 Å². The van der Waals surface area contributed by atoms with E-state index in [1.54, 1.807) is 27.7 Å². The van der Waals surface area contributed by atoms with Gasteiger partial charge in [-0.05, 0) is 41.4 Å². The highest BCUT2D eigenvalue weighted by atomic mass is 32.2. The maximum Gasteiger partial charge on any atom is 0.287 e. The molecule has 2 fully saturated rings. The van der Waals surface area contributed by atoms with Crippen LogP contribution >= 0.6 is 0 Å². The number of Topliss-reactive ketones (excluding diaryl/α,β-unsaturated/α-hetero) is 1. The highest BCUT2D eigenvalue weighted by Gasteiger charge is 2.69.